The van der Waals surface area contributed by atoms with Crippen molar-refractivity contribution in [3.63, 3.8) is 0 Å². The zero-order valence-electron chi connectivity index (χ0n) is 22.7. The van der Waals surface area contributed by atoms with Crippen molar-refractivity contribution in [3.05, 3.63) is 116 Å². The lowest BCUT2D eigenvalue weighted by molar-refractivity contribution is 0.199. The highest BCUT2D eigenvalue weighted by Gasteiger charge is 2.33. The fraction of sp³-hybridized carbons (Fsp3) is 0.290. The number of aryl methyl sites for hydroxylation is 4. The Balaban J connectivity index is 1.36. The number of aromatic amines is 1. The fourth-order valence-electron chi connectivity index (χ4n) is 5.69. The molecule has 5 aromatic rings. The number of pyridine rings is 1. The minimum Gasteiger partial charge on any atom is -0.369 e. The molecular formula is C31H32ClN7O. The average molecular weight is 554 g/mol. The van der Waals surface area contributed by atoms with Gasteiger partial charge in [-0.2, -0.15) is 0 Å². The van der Waals surface area contributed by atoms with Crippen LogP contribution in [-0.4, -0.2) is 56.3 Å². The van der Waals surface area contributed by atoms with Crippen molar-refractivity contribution in [2.24, 2.45) is 0 Å². The van der Waals surface area contributed by atoms with Crippen LogP contribution in [0.2, 0.25) is 5.02 Å². The number of aromatic nitrogens is 5. The van der Waals surface area contributed by atoms with Gasteiger partial charge in [0, 0.05) is 49.0 Å². The Morgan fingerprint density at radius 2 is 1.73 bits per heavy atom. The molecule has 0 amide bonds. The molecule has 3 aromatic carbocycles. The van der Waals surface area contributed by atoms with E-state index in [-0.39, 0.29) is 11.6 Å². The number of nitrogens with one attached hydrogen (secondary N) is 1. The summed E-state index contributed by atoms with van der Waals surface area (Å²) in [7, 11) is 0. The predicted octanol–water partition coefficient (Wildman–Crippen LogP) is 4.94. The molecule has 0 saturated carbocycles. The second-order valence-corrected chi connectivity index (χ2v) is 10.9. The number of hydrogen-bond donors (Lipinski definition) is 1. The Kier molecular flexibility index (Phi) is 7.36. The Bertz CT molecular complexity index is 1690. The molecular weight excluding hydrogens is 522 g/mol. The summed E-state index contributed by atoms with van der Waals surface area (Å²) in [6.45, 7) is 7.83. The molecule has 6 rings (SSSR count). The lowest BCUT2D eigenvalue weighted by Gasteiger charge is -2.40. The van der Waals surface area contributed by atoms with Gasteiger partial charge >= 0.3 is 0 Å². The van der Waals surface area contributed by atoms with Gasteiger partial charge in [0.2, 0.25) is 0 Å². The third-order valence-electron chi connectivity index (χ3n) is 7.86. The van der Waals surface area contributed by atoms with Gasteiger partial charge in [-0.3, -0.25) is 9.69 Å². The molecule has 1 fully saturated rings. The van der Waals surface area contributed by atoms with E-state index >= 15 is 0 Å². The summed E-state index contributed by atoms with van der Waals surface area (Å²) in [6.07, 6.45) is 0.792. The van der Waals surface area contributed by atoms with E-state index in [2.05, 4.69) is 55.4 Å². The van der Waals surface area contributed by atoms with Crippen LogP contribution in [0.1, 0.15) is 34.1 Å². The van der Waals surface area contributed by atoms with Crippen molar-refractivity contribution in [1.29, 1.82) is 0 Å². The van der Waals surface area contributed by atoms with Gasteiger partial charge in [-0.1, -0.05) is 66.2 Å². The Morgan fingerprint density at radius 3 is 2.52 bits per heavy atom. The third kappa shape index (κ3) is 5.24. The number of rotatable bonds is 7. The highest BCUT2D eigenvalue weighted by Crippen LogP contribution is 2.31. The van der Waals surface area contributed by atoms with Crippen LogP contribution in [0, 0.1) is 13.8 Å². The Morgan fingerprint density at radius 1 is 0.925 bits per heavy atom. The average Bonchev–Trinajstić information content (AvgIpc) is 3.43. The first-order chi connectivity index (χ1) is 19.5. The molecule has 9 heteroatoms. The van der Waals surface area contributed by atoms with E-state index in [4.69, 9.17) is 11.6 Å². The van der Waals surface area contributed by atoms with Gasteiger partial charge in [-0.15, -0.1) is 5.10 Å². The number of hydrogen-bond acceptors (Lipinski definition) is 6. The molecule has 1 aliphatic rings. The predicted molar refractivity (Wildman–Crippen MR) is 159 cm³/mol. The minimum absolute atomic E-state index is 0.113. The van der Waals surface area contributed by atoms with Gasteiger partial charge in [0.05, 0.1) is 5.52 Å². The summed E-state index contributed by atoms with van der Waals surface area (Å²) in [5, 5.41) is 14.6. The molecule has 0 spiro atoms. The van der Waals surface area contributed by atoms with E-state index in [0.29, 0.717) is 17.9 Å². The van der Waals surface area contributed by atoms with E-state index in [1.165, 1.54) is 11.1 Å². The number of tetrazole rings is 1. The normalized spacial score (nSPS) is 15.0. The van der Waals surface area contributed by atoms with Crippen LogP contribution in [0.25, 0.3) is 10.9 Å². The summed E-state index contributed by atoms with van der Waals surface area (Å²) in [6, 6.07) is 24.0. The standard InChI is InChI=1S/C31H32ClN7O/c1-21-11-12-25(32)20-27(21)37-15-17-38(18-16-37)29(26-19-24-10-6-7-22(2)28(24)33-31(26)40)30-34-35-36-39(30)14-13-23-8-4-3-5-9-23/h3-12,19-20,29H,13-18H2,1-2H3,(H,33,40)/t29-/m1/s1. The van der Waals surface area contributed by atoms with E-state index in [9.17, 15) is 4.79 Å². The zero-order valence-corrected chi connectivity index (χ0v) is 23.5. The van der Waals surface area contributed by atoms with Crippen LogP contribution >= 0.6 is 11.6 Å². The summed E-state index contributed by atoms with van der Waals surface area (Å²) >= 11 is 6.33. The minimum atomic E-state index is -0.387. The molecule has 1 N–H and O–H groups in total. The highest BCUT2D eigenvalue weighted by molar-refractivity contribution is 6.30. The first-order valence-electron chi connectivity index (χ1n) is 13.7. The molecule has 3 heterocycles. The van der Waals surface area contributed by atoms with Crippen molar-refractivity contribution in [2.45, 2.75) is 32.9 Å². The Hall–Kier alpha value is -4.01. The van der Waals surface area contributed by atoms with Crippen molar-refractivity contribution in [1.82, 2.24) is 30.1 Å². The lowest BCUT2D eigenvalue weighted by atomic mass is 10.0. The molecule has 0 radical (unpaired) electrons. The SMILES string of the molecule is Cc1ccc(Cl)cc1N1CCN([C@H](c2cc3cccc(C)c3[nH]c2=O)c2nnnn2CCc2ccccc2)CC1. The number of H-pyrrole nitrogens is 1. The van der Waals surface area contributed by atoms with Gasteiger partial charge in [0.15, 0.2) is 5.82 Å². The first-order valence-corrected chi connectivity index (χ1v) is 14.0. The Labute approximate surface area is 238 Å². The van der Waals surface area contributed by atoms with Gasteiger partial charge in [0.1, 0.15) is 6.04 Å². The van der Waals surface area contributed by atoms with Gasteiger partial charge < -0.3 is 9.88 Å². The molecule has 1 atom stereocenters. The van der Waals surface area contributed by atoms with Crippen LogP contribution in [0.5, 0.6) is 0 Å². The van der Waals surface area contributed by atoms with Crippen LogP contribution in [0.15, 0.2) is 77.6 Å². The number of piperazine rings is 1. The van der Waals surface area contributed by atoms with Crippen molar-refractivity contribution in [3.8, 4) is 0 Å². The van der Waals surface area contributed by atoms with E-state index < -0.39 is 0 Å². The molecule has 204 valence electrons. The molecule has 2 aromatic heterocycles. The van der Waals surface area contributed by atoms with Crippen molar-refractivity contribution in [2.75, 3.05) is 31.1 Å². The van der Waals surface area contributed by atoms with E-state index in [1.807, 2.05) is 66.2 Å². The second kappa shape index (κ2) is 11.2. The fourth-order valence-corrected chi connectivity index (χ4v) is 5.86. The van der Waals surface area contributed by atoms with E-state index in [0.717, 1.165) is 59.8 Å². The molecule has 0 bridgehead atoms. The maximum absolute atomic E-state index is 13.6. The monoisotopic (exact) mass is 553 g/mol. The van der Waals surface area contributed by atoms with Crippen molar-refractivity contribution < 1.29 is 0 Å². The first kappa shape index (κ1) is 26.2. The van der Waals surface area contributed by atoms with Gasteiger partial charge in [-0.05, 0) is 71.0 Å². The van der Waals surface area contributed by atoms with Crippen LogP contribution < -0.4 is 10.5 Å². The quantitative estimate of drug-likeness (QED) is 0.307. The molecule has 0 unspecified atom stereocenters. The topological polar surface area (TPSA) is 82.9 Å². The molecule has 1 saturated heterocycles. The highest BCUT2D eigenvalue weighted by atomic mass is 35.5. The van der Waals surface area contributed by atoms with Crippen LogP contribution in [0.3, 0.4) is 0 Å². The number of nitrogens with zero attached hydrogens (tertiary/aromatic N) is 6. The number of anilines is 1. The summed E-state index contributed by atoms with van der Waals surface area (Å²) < 4.78 is 1.85. The maximum Gasteiger partial charge on any atom is 0.253 e. The molecule has 1 aliphatic heterocycles. The van der Waals surface area contributed by atoms with E-state index in [1.54, 1.807) is 0 Å². The van der Waals surface area contributed by atoms with Crippen LogP contribution in [0.4, 0.5) is 5.69 Å². The van der Waals surface area contributed by atoms with Crippen molar-refractivity contribution >= 4 is 28.2 Å². The van der Waals surface area contributed by atoms with Crippen LogP contribution in [-0.2, 0) is 13.0 Å². The summed E-state index contributed by atoms with van der Waals surface area (Å²) in [4.78, 5) is 21.5. The largest absolute Gasteiger partial charge is 0.369 e. The number of fused-ring (bicyclic) bond motifs is 1. The molecule has 0 aliphatic carbocycles. The molecule has 40 heavy (non-hydrogen) atoms. The maximum atomic E-state index is 13.6. The molecule has 8 nitrogen and oxygen atoms in total. The smallest absolute Gasteiger partial charge is 0.253 e. The lowest BCUT2D eigenvalue weighted by Crippen LogP contribution is -2.49. The second-order valence-electron chi connectivity index (χ2n) is 10.4. The number of benzene rings is 3. The summed E-state index contributed by atoms with van der Waals surface area (Å²) in [5.74, 6) is 0.681. The summed E-state index contributed by atoms with van der Waals surface area (Å²) in [5.41, 5.74) is 6.00. The van der Waals surface area contributed by atoms with Gasteiger partial charge in [0.25, 0.3) is 5.56 Å². The zero-order chi connectivity index (χ0) is 27.6. The van der Waals surface area contributed by atoms with Gasteiger partial charge in [-0.25, -0.2) is 4.68 Å². The number of halogens is 1. The third-order valence-corrected chi connectivity index (χ3v) is 8.10. The number of para-hydroxylation sites is 1.